The summed E-state index contributed by atoms with van der Waals surface area (Å²) >= 11 is 0. The molecular weight excluding hydrogens is 400 g/mol. The van der Waals surface area contributed by atoms with Crippen molar-refractivity contribution in [3.8, 4) is 11.5 Å². The van der Waals surface area contributed by atoms with Crippen molar-refractivity contribution in [3.05, 3.63) is 89.5 Å². The first-order valence-electron chi connectivity index (χ1n) is 9.46. The number of benzene rings is 3. The molecule has 0 amide bonds. The van der Waals surface area contributed by atoms with Gasteiger partial charge in [-0.05, 0) is 54.4 Å². The lowest BCUT2D eigenvalue weighted by Crippen LogP contribution is -2.36. The Hall–Kier alpha value is -2.87. The summed E-state index contributed by atoms with van der Waals surface area (Å²) in [6, 6.07) is 19.8. The summed E-state index contributed by atoms with van der Waals surface area (Å²) in [6.45, 7) is 1.91. The summed E-state index contributed by atoms with van der Waals surface area (Å²) in [4.78, 5) is 0.188. The second-order valence-corrected chi connectivity index (χ2v) is 8.70. The summed E-state index contributed by atoms with van der Waals surface area (Å²) in [5.41, 5.74) is 9.04. The number of nitrogens with one attached hydrogen (secondary N) is 1. The van der Waals surface area contributed by atoms with Gasteiger partial charge < -0.3 is 15.2 Å². The van der Waals surface area contributed by atoms with Crippen LogP contribution in [0.25, 0.3) is 0 Å². The molecule has 6 nitrogen and oxygen atoms in total. The van der Waals surface area contributed by atoms with Crippen LogP contribution in [0.5, 0.6) is 11.5 Å². The van der Waals surface area contributed by atoms with Crippen LogP contribution in [0.3, 0.4) is 0 Å². The number of methoxy groups -OCH3 is 2. The van der Waals surface area contributed by atoms with E-state index < -0.39 is 22.1 Å². The number of aryl methyl sites for hydroxylation is 1. The van der Waals surface area contributed by atoms with Crippen molar-refractivity contribution in [1.82, 2.24) is 4.72 Å². The highest BCUT2D eigenvalue weighted by Crippen LogP contribution is 2.31. The zero-order valence-electron chi connectivity index (χ0n) is 17.2. The van der Waals surface area contributed by atoms with Crippen LogP contribution in [0.15, 0.2) is 77.7 Å². The van der Waals surface area contributed by atoms with Crippen molar-refractivity contribution in [3.63, 3.8) is 0 Å². The SMILES string of the molecule is COc1ccc([C@@H](NS(=O)(=O)c2ccc(C)cc2)[C@@H](N)c2ccc(OC)cc2)cc1. The molecular formula is C23H26N2O4S. The van der Waals surface area contributed by atoms with Gasteiger partial charge in [-0.2, -0.15) is 0 Å². The molecule has 3 aromatic rings. The second-order valence-electron chi connectivity index (χ2n) is 6.98. The fraction of sp³-hybridized carbons (Fsp3) is 0.217. The first-order chi connectivity index (χ1) is 14.3. The Kier molecular flexibility index (Phi) is 6.77. The monoisotopic (exact) mass is 426 g/mol. The fourth-order valence-corrected chi connectivity index (χ4v) is 4.38. The zero-order valence-corrected chi connectivity index (χ0v) is 18.0. The standard InChI is InChI=1S/C23H26N2O4S/c1-16-4-14-21(15-5-16)30(26,27)25-23(18-8-12-20(29-3)13-9-18)22(24)17-6-10-19(28-2)11-7-17/h4-15,22-23,25H,24H2,1-3H3/t22-,23+/m0/s1. The Morgan fingerprint density at radius 3 is 1.70 bits per heavy atom. The van der Waals surface area contributed by atoms with E-state index >= 15 is 0 Å². The summed E-state index contributed by atoms with van der Waals surface area (Å²) in [5.74, 6) is 1.38. The first kappa shape index (κ1) is 21.8. The molecule has 30 heavy (non-hydrogen) atoms. The smallest absolute Gasteiger partial charge is 0.241 e. The van der Waals surface area contributed by atoms with E-state index in [-0.39, 0.29) is 4.90 Å². The van der Waals surface area contributed by atoms with Gasteiger partial charge in [0.15, 0.2) is 0 Å². The molecule has 3 rings (SSSR count). The molecule has 3 N–H and O–H groups in total. The molecule has 0 heterocycles. The molecule has 0 saturated heterocycles. The lowest BCUT2D eigenvalue weighted by Gasteiger charge is -2.26. The number of sulfonamides is 1. The summed E-state index contributed by atoms with van der Waals surface area (Å²) < 4.78 is 39.4. The molecule has 0 spiro atoms. The largest absolute Gasteiger partial charge is 0.497 e. The third-order valence-electron chi connectivity index (χ3n) is 4.95. The first-order valence-corrected chi connectivity index (χ1v) is 10.9. The van der Waals surface area contributed by atoms with Gasteiger partial charge >= 0.3 is 0 Å². The molecule has 158 valence electrons. The lowest BCUT2D eigenvalue weighted by molar-refractivity contribution is 0.413. The van der Waals surface area contributed by atoms with Gasteiger partial charge in [0.05, 0.1) is 31.2 Å². The van der Waals surface area contributed by atoms with Crippen molar-refractivity contribution in [2.75, 3.05) is 14.2 Å². The molecule has 3 aromatic carbocycles. The van der Waals surface area contributed by atoms with Crippen LogP contribution in [-0.2, 0) is 10.0 Å². The Morgan fingerprint density at radius 2 is 1.23 bits per heavy atom. The number of nitrogens with two attached hydrogens (primary N) is 1. The van der Waals surface area contributed by atoms with Crippen molar-refractivity contribution >= 4 is 10.0 Å². The van der Waals surface area contributed by atoms with Gasteiger partial charge in [-0.1, -0.05) is 42.0 Å². The third kappa shape index (κ3) is 4.99. The van der Waals surface area contributed by atoms with Gasteiger partial charge in [0.2, 0.25) is 10.0 Å². The fourth-order valence-electron chi connectivity index (χ4n) is 3.13. The van der Waals surface area contributed by atoms with Gasteiger partial charge in [0.1, 0.15) is 11.5 Å². The van der Waals surface area contributed by atoms with Crippen LogP contribution in [0.2, 0.25) is 0 Å². The second kappa shape index (κ2) is 9.30. The van der Waals surface area contributed by atoms with Crippen LogP contribution in [0.4, 0.5) is 0 Å². The Bertz CT molecular complexity index is 1060. The Balaban J connectivity index is 1.98. The minimum atomic E-state index is -3.79. The van der Waals surface area contributed by atoms with Gasteiger partial charge in [0, 0.05) is 0 Å². The minimum Gasteiger partial charge on any atom is -0.497 e. The molecule has 0 unspecified atom stereocenters. The van der Waals surface area contributed by atoms with Gasteiger partial charge in [0.25, 0.3) is 0 Å². The van der Waals surface area contributed by atoms with E-state index in [1.807, 2.05) is 31.2 Å². The molecule has 0 fully saturated rings. The number of hydrogen-bond acceptors (Lipinski definition) is 5. The lowest BCUT2D eigenvalue weighted by atomic mass is 9.95. The molecule has 0 saturated carbocycles. The minimum absolute atomic E-state index is 0.188. The maximum absolute atomic E-state index is 13.1. The molecule has 0 aromatic heterocycles. The Labute approximate surface area is 177 Å². The van der Waals surface area contributed by atoms with Crippen LogP contribution < -0.4 is 19.9 Å². The average molecular weight is 427 g/mol. The predicted octanol–water partition coefficient (Wildman–Crippen LogP) is 3.73. The molecule has 7 heteroatoms. The normalized spacial score (nSPS) is 13.5. The van der Waals surface area contributed by atoms with E-state index in [1.54, 1.807) is 62.8 Å². The zero-order chi connectivity index (χ0) is 21.7. The van der Waals surface area contributed by atoms with E-state index in [9.17, 15) is 8.42 Å². The van der Waals surface area contributed by atoms with Crippen LogP contribution >= 0.6 is 0 Å². The molecule has 0 aliphatic heterocycles. The third-order valence-corrected chi connectivity index (χ3v) is 6.41. The quantitative estimate of drug-likeness (QED) is 0.573. The Morgan fingerprint density at radius 1 is 0.767 bits per heavy atom. The van der Waals surface area contributed by atoms with Gasteiger partial charge in [-0.3, -0.25) is 0 Å². The van der Waals surface area contributed by atoms with E-state index in [0.717, 1.165) is 16.7 Å². The van der Waals surface area contributed by atoms with Crippen LogP contribution in [-0.4, -0.2) is 22.6 Å². The predicted molar refractivity (Wildman–Crippen MR) is 117 cm³/mol. The molecule has 0 bridgehead atoms. The number of rotatable bonds is 8. The summed E-state index contributed by atoms with van der Waals surface area (Å²) in [6.07, 6.45) is 0. The van der Waals surface area contributed by atoms with Gasteiger partial charge in [-0.15, -0.1) is 0 Å². The topological polar surface area (TPSA) is 90.7 Å². The molecule has 0 radical (unpaired) electrons. The van der Waals surface area contributed by atoms with Gasteiger partial charge in [-0.25, -0.2) is 13.1 Å². The molecule has 0 aliphatic carbocycles. The highest BCUT2D eigenvalue weighted by Gasteiger charge is 2.27. The van der Waals surface area contributed by atoms with Crippen molar-refractivity contribution in [2.45, 2.75) is 23.9 Å². The average Bonchev–Trinajstić information content (AvgIpc) is 2.77. The maximum Gasteiger partial charge on any atom is 0.241 e. The molecule has 2 atom stereocenters. The summed E-state index contributed by atoms with van der Waals surface area (Å²) in [7, 11) is -0.625. The van der Waals surface area contributed by atoms with E-state index in [1.165, 1.54) is 0 Å². The summed E-state index contributed by atoms with van der Waals surface area (Å²) in [5, 5.41) is 0. The van der Waals surface area contributed by atoms with E-state index in [0.29, 0.717) is 11.5 Å². The highest BCUT2D eigenvalue weighted by molar-refractivity contribution is 7.89. The van der Waals surface area contributed by atoms with Crippen LogP contribution in [0, 0.1) is 6.92 Å². The number of hydrogen-bond donors (Lipinski definition) is 2. The highest BCUT2D eigenvalue weighted by atomic mass is 32.2. The van der Waals surface area contributed by atoms with Crippen LogP contribution in [0.1, 0.15) is 28.8 Å². The van der Waals surface area contributed by atoms with Crippen molar-refractivity contribution < 1.29 is 17.9 Å². The maximum atomic E-state index is 13.1. The van der Waals surface area contributed by atoms with E-state index in [2.05, 4.69) is 4.72 Å². The van der Waals surface area contributed by atoms with Crippen molar-refractivity contribution in [1.29, 1.82) is 0 Å². The number of ether oxygens (including phenoxy) is 2. The molecule has 0 aliphatic rings. The van der Waals surface area contributed by atoms with E-state index in [4.69, 9.17) is 15.2 Å². The van der Waals surface area contributed by atoms with Crippen molar-refractivity contribution in [2.24, 2.45) is 5.73 Å².